The third-order valence-electron chi connectivity index (χ3n) is 3.18. The van der Waals surface area contributed by atoms with Gasteiger partial charge in [0, 0.05) is 19.1 Å². The third-order valence-corrected chi connectivity index (χ3v) is 4.26. The zero-order valence-corrected chi connectivity index (χ0v) is 11.1. The fourth-order valence-corrected chi connectivity index (χ4v) is 2.96. The summed E-state index contributed by atoms with van der Waals surface area (Å²) in [4.78, 5) is 26.1. The summed E-state index contributed by atoms with van der Waals surface area (Å²) in [5, 5.41) is 3.20. The molecule has 2 heterocycles. The molecule has 1 aliphatic rings. The summed E-state index contributed by atoms with van der Waals surface area (Å²) in [6.45, 7) is 1.50. The van der Waals surface area contributed by atoms with Crippen molar-refractivity contribution in [3.63, 3.8) is 0 Å². The first-order chi connectivity index (χ1) is 8.61. The van der Waals surface area contributed by atoms with E-state index in [4.69, 9.17) is 5.73 Å². The van der Waals surface area contributed by atoms with E-state index >= 15 is 0 Å². The van der Waals surface area contributed by atoms with Crippen LogP contribution in [0.5, 0.6) is 0 Å². The third kappa shape index (κ3) is 2.70. The molecule has 2 amide bonds. The molecule has 18 heavy (non-hydrogen) atoms. The molecule has 0 radical (unpaired) electrons. The topological polar surface area (TPSA) is 75.4 Å². The first-order valence-corrected chi connectivity index (χ1v) is 6.79. The van der Waals surface area contributed by atoms with Gasteiger partial charge in [0.15, 0.2) is 0 Å². The number of nitrogens with two attached hydrogens (primary N) is 1. The Kier molecular flexibility index (Phi) is 3.98. The number of carbonyl (C=O) groups excluding carboxylic acids is 2. The molecule has 0 aliphatic carbocycles. The molecule has 0 unspecified atom stereocenters. The Morgan fingerprint density at radius 1 is 1.44 bits per heavy atom. The van der Waals surface area contributed by atoms with Gasteiger partial charge in [-0.1, -0.05) is 0 Å². The van der Waals surface area contributed by atoms with Crippen molar-refractivity contribution in [1.29, 1.82) is 0 Å². The van der Waals surface area contributed by atoms with Crippen LogP contribution < -0.4 is 11.1 Å². The van der Waals surface area contributed by atoms with Crippen molar-refractivity contribution in [2.24, 2.45) is 5.73 Å². The molecule has 1 aromatic heterocycles. The minimum atomic E-state index is -0.481. The predicted molar refractivity (Wildman–Crippen MR) is 70.8 cm³/mol. The van der Waals surface area contributed by atoms with E-state index in [0.717, 1.165) is 25.9 Å². The van der Waals surface area contributed by atoms with Crippen LogP contribution in [0.25, 0.3) is 0 Å². The van der Waals surface area contributed by atoms with Crippen LogP contribution in [-0.4, -0.2) is 42.9 Å². The molecule has 2 rings (SSSR count). The van der Waals surface area contributed by atoms with E-state index in [1.807, 2.05) is 11.9 Å². The van der Waals surface area contributed by atoms with Crippen molar-refractivity contribution in [2.75, 3.05) is 20.1 Å². The molecule has 98 valence electrons. The van der Waals surface area contributed by atoms with Gasteiger partial charge in [-0.2, -0.15) is 0 Å². The summed E-state index contributed by atoms with van der Waals surface area (Å²) < 4.78 is 0. The number of amides is 2. The number of likely N-dealkylation sites (tertiary alicyclic amines) is 1. The first kappa shape index (κ1) is 13.0. The van der Waals surface area contributed by atoms with Gasteiger partial charge in [-0.25, -0.2) is 0 Å². The second-order valence-electron chi connectivity index (χ2n) is 4.41. The van der Waals surface area contributed by atoms with Crippen LogP contribution in [0.4, 0.5) is 0 Å². The van der Waals surface area contributed by atoms with Crippen LogP contribution in [-0.2, 0) is 0 Å². The minimum Gasteiger partial charge on any atom is -0.365 e. The molecule has 1 atom stereocenters. The second-order valence-corrected chi connectivity index (χ2v) is 5.49. The maximum Gasteiger partial charge on any atom is 0.263 e. The van der Waals surface area contributed by atoms with Crippen molar-refractivity contribution in [3.05, 3.63) is 21.9 Å². The molecule has 1 fully saturated rings. The van der Waals surface area contributed by atoms with Gasteiger partial charge in [0.25, 0.3) is 11.8 Å². The molecule has 6 heteroatoms. The van der Waals surface area contributed by atoms with E-state index in [0.29, 0.717) is 15.8 Å². The van der Waals surface area contributed by atoms with Crippen LogP contribution in [0.3, 0.4) is 0 Å². The lowest BCUT2D eigenvalue weighted by Crippen LogP contribution is -2.46. The highest BCUT2D eigenvalue weighted by Crippen LogP contribution is 2.20. The Morgan fingerprint density at radius 3 is 2.78 bits per heavy atom. The maximum atomic E-state index is 12.3. The van der Waals surface area contributed by atoms with Crippen LogP contribution in [0.15, 0.2) is 12.1 Å². The van der Waals surface area contributed by atoms with Gasteiger partial charge in [0.05, 0.1) is 9.75 Å². The van der Waals surface area contributed by atoms with Crippen molar-refractivity contribution >= 4 is 23.2 Å². The van der Waals surface area contributed by atoms with Crippen LogP contribution in [0, 0.1) is 0 Å². The molecular formula is C12H17N3O2S. The Morgan fingerprint density at radius 2 is 2.17 bits per heavy atom. The van der Waals surface area contributed by atoms with Gasteiger partial charge in [-0.05, 0) is 32.0 Å². The second kappa shape index (κ2) is 5.49. The quantitative estimate of drug-likeness (QED) is 0.845. The number of primary amides is 1. The van der Waals surface area contributed by atoms with Crippen molar-refractivity contribution in [1.82, 2.24) is 10.2 Å². The van der Waals surface area contributed by atoms with Crippen molar-refractivity contribution < 1.29 is 9.59 Å². The van der Waals surface area contributed by atoms with E-state index in [1.165, 1.54) is 11.3 Å². The molecule has 3 N–H and O–H groups in total. The number of nitrogens with one attached hydrogen (secondary N) is 1. The van der Waals surface area contributed by atoms with Crippen LogP contribution in [0.2, 0.25) is 0 Å². The summed E-state index contributed by atoms with van der Waals surface area (Å²) in [5.74, 6) is -0.488. The van der Waals surface area contributed by atoms with Crippen LogP contribution >= 0.6 is 11.3 Å². The number of hydrogen-bond acceptors (Lipinski definition) is 4. The number of carbonyl (C=O) groups is 2. The Bertz CT molecular complexity index is 458. The normalized spacial score (nSPS) is 19.8. The van der Waals surface area contributed by atoms with Gasteiger partial charge < -0.3 is 16.0 Å². The fourth-order valence-electron chi connectivity index (χ4n) is 2.14. The predicted octanol–water partition coefficient (Wildman–Crippen LogP) is 0.671. The summed E-state index contributed by atoms with van der Waals surface area (Å²) in [6.07, 6.45) is 2.10. The van der Waals surface area contributed by atoms with Crippen molar-refractivity contribution in [3.8, 4) is 0 Å². The number of piperidine rings is 1. The van der Waals surface area contributed by atoms with Gasteiger partial charge >= 0.3 is 0 Å². The van der Waals surface area contributed by atoms with Gasteiger partial charge in [-0.3, -0.25) is 9.59 Å². The highest BCUT2D eigenvalue weighted by atomic mass is 32.1. The largest absolute Gasteiger partial charge is 0.365 e. The maximum absolute atomic E-state index is 12.3. The minimum absolute atomic E-state index is 0.00699. The molecule has 0 bridgehead atoms. The number of thiophene rings is 1. The zero-order valence-electron chi connectivity index (χ0n) is 10.3. The van der Waals surface area contributed by atoms with Gasteiger partial charge in [0.1, 0.15) is 0 Å². The molecule has 1 aromatic rings. The monoisotopic (exact) mass is 267 g/mol. The van der Waals surface area contributed by atoms with E-state index in [-0.39, 0.29) is 5.91 Å². The highest BCUT2D eigenvalue weighted by Gasteiger charge is 2.24. The molecule has 0 spiro atoms. The fraction of sp³-hybridized carbons (Fsp3) is 0.500. The smallest absolute Gasteiger partial charge is 0.263 e. The molecule has 1 saturated heterocycles. The van der Waals surface area contributed by atoms with E-state index < -0.39 is 5.91 Å². The van der Waals surface area contributed by atoms with Gasteiger partial charge in [0.2, 0.25) is 0 Å². The number of likely N-dealkylation sites (N-methyl/N-ethyl adjacent to an activating group) is 1. The lowest BCUT2D eigenvalue weighted by molar-refractivity contribution is 0.0703. The van der Waals surface area contributed by atoms with Crippen LogP contribution in [0.1, 0.15) is 32.2 Å². The molecule has 0 aromatic carbocycles. The Labute approximate surface area is 110 Å². The Hall–Kier alpha value is -1.40. The number of hydrogen-bond donors (Lipinski definition) is 2. The van der Waals surface area contributed by atoms with E-state index in [9.17, 15) is 9.59 Å². The molecule has 5 nitrogen and oxygen atoms in total. The summed E-state index contributed by atoms with van der Waals surface area (Å²) >= 11 is 1.17. The molecule has 1 aliphatic heterocycles. The van der Waals surface area contributed by atoms with E-state index in [1.54, 1.807) is 12.1 Å². The SMILES string of the molecule is CN[C@H]1CCCN(C(=O)c2ccc(C(N)=O)s2)C1. The summed E-state index contributed by atoms with van der Waals surface area (Å²) in [5.41, 5.74) is 5.19. The zero-order chi connectivity index (χ0) is 13.1. The lowest BCUT2D eigenvalue weighted by Gasteiger charge is -2.32. The Balaban J connectivity index is 2.07. The van der Waals surface area contributed by atoms with E-state index in [2.05, 4.69) is 5.32 Å². The molecule has 0 saturated carbocycles. The first-order valence-electron chi connectivity index (χ1n) is 5.98. The van der Waals surface area contributed by atoms with Crippen molar-refractivity contribution in [2.45, 2.75) is 18.9 Å². The average molecular weight is 267 g/mol. The number of nitrogens with zero attached hydrogens (tertiary/aromatic N) is 1. The standard InChI is InChI=1S/C12H17N3O2S/c1-14-8-3-2-6-15(7-8)12(17)10-5-4-9(18-10)11(13)16/h4-5,8,14H,2-3,6-7H2,1H3,(H2,13,16)/t8-/m0/s1. The molecular weight excluding hydrogens is 250 g/mol. The highest BCUT2D eigenvalue weighted by molar-refractivity contribution is 7.15. The van der Waals surface area contributed by atoms with Gasteiger partial charge in [-0.15, -0.1) is 11.3 Å². The average Bonchev–Trinajstić information content (AvgIpc) is 2.87. The number of rotatable bonds is 3. The summed E-state index contributed by atoms with van der Waals surface area (Å²) in [6, 6.07) is 3.65. The lowest BCUT2D eigenvalue weighted by atomic mass is 10.1. The summed E-state index contributed by atoms with van der Waals surface area (Å²) in [7, 11) is 1.91.